The van der Waals surface area contributed by atoms with Gasteiger partial charge in [-0.05, 0) is 35.9 Å². The van der Waals surface area contributed by atoms with Crippen molar-refractivity contribution < 1.29 is 14.0 Å². The summed E-state index contributed by atoms with van der Waals surface area (Å²) in [7, 11) is 3.37. The van der Waals surface area contributed by atoms with E-state index in [9.17, 15) is 14.0 Å². The van der Waals surface area contributed by atoms with Gasteiger partial charge in [0.25, 0.3) is 5.91 Å². The van der Waals surface area contributed by atoms with Gasteiger partial charge in [-0.15, -0.1) is 0 Å². The van der Waals surface area contributed by atoms with Gasteiger partial charge in [-0.1, -0.05) is 18.2 Å². The van der Waals surface area contributed by atoms with Gasteiger partial charge in [-0.25, -0.2) is 4.39 Å². The summed E-state index contributed by atoms with van der Waals surface area (Å²) in [6.07, 6.45) is 0. The van der Waals surface area contributed by atoms with E-state index in [1.165, 1.54) is 17.0 Å². The minimum atomic E-state index is -0.307. The number of hydrogen-bond donors (Lipinski definition) is 2. The zero-order chi connectivity index (χ0) is 17.5. The van der Waals surface area contributed by atoms with E-state index in [1.54, 1.807) is 50.5 Å². The van der Waals surface area contributed by atoms with Crippen molar-refractivity contribution in [3.05, 3.63) is 65.5 Å². The Hall–Kier alpha value is -2.89. The zero-order valence-corrected chi connectivity index (χ0v) is 13.7. The maximum absolute atomic E-state index is 12.8. The highest BCUT2D eigenvalue weighted by molar-refractivity contribution is 5.95. The summed E-state index contributed by atoms with van der Waals surface area (Å²) in [5.74, 6) is -0.595. The lowest BCUT2D eigenvalue weighted by Gasteiger charge is -2.12. The lowest BCUT2D eigenvalue weighted by Crippen LogP contribution is -2.29. The molecule has 0 aliphatic carbocycles. The number of carbonyl (C=O) groups excluding carboxylic acids is 2. The van der Waals surface area contributed by atoms with Gasteiger partial charge in [0.1, 0.15) is 5.82 Å². The van der Waals surface area contributed by atoms with Crippen LogP contribution in [0.5, 0.6) is 0 Å². The molecule has 0 saturated heterocycles. The molecule has 0 bridgehead atoms. The van der Waals surface area contributed by atoms with E-state index >= 15 is 0 Å². The fourth-order valence-corrected chi connectivity index (χ4v) is 2.07. The van der Waals surface area contributed by atoms with E-state index in [4.69, 9.17) is 0 Å². The molecule has 2 rings (SSSR count). The Bertz CT molecular complexity index is 714. The summed E-state index contributed by atoms with van der Waals surface area (Å²) < 4.78 is 12.8. The Kier molecular flexibility index (Phi) is 5.89. The Morgan fingerprint density at radius 3 is 2.46 bits per heavy atom. The first-order chi connectivity index (χ1) is 11.5. The highest BCUT2D eigenvalue weighted by atomic mass is 19.1. The lowest BCUT2D eigenvalue weighted by atomic mass is 10.2. The van der Waals surface area contributed by atoms with Crippen molar-refractivity contribution in [1.29, 1.82) is 0 Å². The first kappa shape index (κ1) is 17.5. The molecule has 0 aliphatic heterocycles. The number of rotatable bonds is 6. The van der Waals surface area contributed by atoms with Crippen LogP contribution in [0.4, 0.5) is 10.1 Å². The monoisotopic (exact) mass is 329 g/mol. The van der Waals surface area contributed by atoms with Crippen molar-refractivity contribution in [2.75, 3.05) is 26.0 Å². The molecule has 0 atom stereocenters. The molecule has 24 heavy (non-hydrogen) atoms. The van der Waals surface area contributed by atoms with Crippen LogP contribution in [-0.4, -0.2) is 37.4 Å². The second kappa shape index (κ2) is 8.10. The van der Waals surface area contributed by atoms with Crippen LogP contribution < -0.4 is 10.6 Å². The van der Waals surface area contributed by atoms with Gasteiger partial charge >= 0.3 is 0 Å². The summed E-state index contributed by atoms with van der Waals surface area (Å²) in [5, 5.41) is 5.73. The van der Waals surface area contributed by atoms with Crippen molar-refractivity contribution in [1.82, 2.24) is 10.2 Å². The maximum atomic E-state index is 12.8. The number of carbonyl (C=O) groups is 2. The normalized spacial score (nSPS) is 10.1. The molecule has 0 radical (unpaired) electrons. The average molecular weight is 329 g/mol. The molecule has 2 amide bonds. The summed E-state index contributed by atoms with van der Waals surface area (Å²) in [6.45, 7) is 0.417. The van der Waals surface area contributed by atoms with Crippen molar-refractivity contribution >= 4 is 17.5 Å². The van der Waals surface area contributed by atoms with Crippen LogP contribution in [0.2, 0.25) is 0 Å². The Labute approximate surface area is 140 Å². The van der Waals surface area contributed by atoms with Crippen LogP contribution in [0.25, 0.3) is 0 Å². The van der Waals surface area contributed by atoms with Gasteiger partial charge < -0.3 is 15.5 Å². The van der Waals surface area contributed by atoms with Crippen molar-refractivity contribution in [3.63, 3.8) is 0 Å². The van der Waals surface area contributed by atoms with E-state index in [0.29, 0.717) is 17.8 Å². The molecule has 0 saturated carbocycles. The smallest absolute Gasteiger partial charge is 0.253 e. The predicted octanol–water partition coefficient (Wildman–Crippen LogP) is 2.26. The zero-order valence-electron chi connectivity index (χ0n) is 13.7. The van der Waals surface area contributed by atoms with Gasteiger partial charge in [-0.3, -0.25) is 9.59 Å². The van der Waals surface area contributed by atoms with E-state index < -0.39 is 0 Å². The van der Waals surface area contributed by atoms with Gasteiger partial charge in [-0.2, -0.15) is 0 Å². The largest absolute Gasteiger partial charge is 0.376 e. The van der Waals surface area contributed by atoms with E-state index in [2.05, 4.69) is 10.6 Å². The molecule has 2 N–H and O–H groups in total. The molecule has 2 aromatic carbocycles. The minimum absolute atomic E-state index is 0.0841. The molecule has 0 spiro atoms. The van der Waals surface area contributed by atoms with E-state index in [0.717, 1.165) is 5.56 Å². The van der Waals surface area contributed by atoms with Crippen LogP contribution in [0, 0.1) is 5.82 Å². The fraction of sp³-hybridized carbons (Fsp3) is 0.222. The summed E-state index contributed by atoms with van der Waals surface area (Å²) >= 11 is 0. The first-order valence-electron chi connectivity index (χ1n) is 7.52. The molecular weight excluding hydrogens is 309 g/mol. The highest BCUT2D eigenvalue weighted by Crippen LogP contribution is 2.11. The quantitative estimate of drug-likeness (QED) is 0.854. The third-order valence-corrected chi connectivity index (χ3v) is 3.37. The van der Waals surface area contributed by atoms with Crippen LogP contribution in [-0.2, 0) is 11.3 Å². The van der Waals surface area contributed by atoms with Gasteiger partial charge in [0, 0.05) is 31.9 Å². The Balaban J connectivity index is 1.84. The number of benzene rings is 2. The molecule has 0 fully saturated rings. The summed E-state index contributed by atoms with van der Waals surface area (Å²) in [5.41, 5.74) is 2.07. The molecule has 6 heteroatoms. The van der Waals surface area contributed by atoms with Crippen LogP contribution in [0.15, 0.2) is 48.5 Å². The molecule has 2 aromatic rings. The molecule has 0 heterocycles. The number of hydrogen-bond acceptors (Lipinski definition) is 3. The van der Waals surface area contributed by atoms with Crippen molar-refractivity contribution in [3.8, 4) is 0 Å². The van der Waals surface area contributed by atoms with Crippen LogP contribution in [0.1, 0.15) is 15.9 Å². The third-order valence-electron chi connectivity index (χ3n) is 3.37. The Morgan fingerprint density at radius 1 is 1.08 bits per heavy atom. The highest BCUT2D eigenvalue weighted by Gasteiger charge is 2.08. The van der Waals surface area contributed by atoms with Crippen molar-refractivity contribution in [2.45, 2.75) is 6.54 Å². The molecule has 0 aliphatic rings. The first-order valence-corrected chi connectivity index (χ1v) is 7.52. The number of nitrogens with one attached hydrogen (secondary N) is 2. The van der Waals surface area contributed by atoms with Gasteiger partial charge in [0.2, 0.25) is 5.91 Å². The van der Waals surface area contributed by atoms with Crippen LogP contribution >= 0.6 is 0 Å². The second-order valence-electron chi connectivity index (χ2n) is 5.54. The minimum Gasteiger partial charge on any atom is -0.376 e. The number of nitrogens with zero attached hydrogens (tertiary/aromatic N) is 1. The number of anilines is 1. The lowest BCUT2D eigenvalue weighted by molar-refractivity contribution is -0.119. The molecule has 0 unspecified atom stereocenters. The SMILES string of the molecule is CN(C)C(=O)c1cccc(NCC(=O)NCc2ccc(F)cc2)c1. The van der Waals surface area contributed by atoms with Crippen molar-refractivity contribution in [2.24, 2.45) is 0 Å². The topological polar surface area (TPSA) is 61.4 Å². The molecule has 126 valence electrons. The maximum Gasteiger partial charge on any atom is 0.253 e. The Morgan fingerprint density at radius 2 is 1.79 bits per heavy atom. The van der Waals surface area contributed by atoms with E-state index in [1.807, 2.05) is 0 Å². The van der Waals surface area contributed by atoms with Gasteiger partial charge in [0.05, 0.1) is 6.54 Å². The molecular formula is C18H20FN3O2. The average Bonchev–Trinajstić information content (AvgIpc) is 2.59. The number of amides is 2. The van der Waals surface area contributed by atoms with E-state index in [-0.39, 0.29) is 24.2 Å². The number of halogens is 1. The second-order valence-corrected chi connectivity index (χ2v) is 5.54. The fourth-order valence-electron chi connectivity index (χ4n) is 2.07. The predicted molar refractivity (Wildman–Crippen MR) is 91.2 cm³/mol. The molecule has 0 aromatic heterocycles. The molecule has 5 nitrogen and oxygen atoms in total. The third kappa shape index (κ3) is 5.08. The summed E-state index contributed by atoms with van der Waals surface area (Å²) in [4.78, 5) is 25.3. The van der Waals surface area contributed by atoms with Gasteiger partial charge in [0.15, 0.2) is 0 Å². The standard InChI is InChI=1S/C18H20FN3O2/c1-22(2)18(24)14-4-3-5-16(10-14)20-12-17(23)21-11-13-6-8-15(19)9-7-13/h3-10,20H,11-12H2,1-2H3,(H,21,23). The van der Waals surface area contributed by atoms with Crippen LogP contribution in [0.3, 0.4) is 0 Å². The summed E-state index contributed by atoms with van der Waals surface area (Å²) in [6, 6.07) is 12.9.